The van der Waals surface area contributed by atoms with Crippen LogP contribution in [0.2, 0.25) is 0 Å². The summed E-state index contributed by atoms with van der Waals surface area (Å²) in [7, 11) is 0. The predicted molar refractivity (Wildman–Crippen MR) is 81.6 cm³/mol. The van der Waals surface area contributed by atoms with Crippen LogP contribution in [-0.4, -0.2) is 11.4 Å². The van der Waals surface area contributed by atoms with Gasteiger partial charge in [-0.2, -0.15) is 0 Å². The monoisotopic (exact) mass is 270 g/mol. The Labute approximate surface area is 120 Å². The van der Waals surface area contributed by atoms with Gasteiger partial charge in [0.05, 0.1) is 0 Å². The van der Waals surface area contributed by atoms with Crippen LogP contribution in [0.25, 0.3) is 0 Å². The van der Waals surface area contributed by atoms with E-state index in [4.69, 9.17) is 10.2 Å². The number of aryl methyl sites for hydroxylation is 2. The number of nitrogens with zero attached hydrogens (tertiary/aromatic N) is 1. The van der Waals surface area contributed by atoms with E-state index in [9.17, 15) is 0 Å². The summed E-state index contributed by atoms with van der Waals surface area (Å²) in [4.78, 5) is 2.48. The summed E-state index contributed by atoms with van der Waals surface area (Å²) in [6.07, 6.45) is 1.07. The van der Waals surface area contributed by atoms with Crippen molar-refractivity contribution in [3.8, 4) is 0 Å². The Morgan fingerprint density at radius 1 is 1.30 bits per heavy atom. The van der Waals surface area contributed by atoms with E-state index in [2.05, 4.69) is 30.0 Å². The number of benzene rings is 1. The molecule has 3 heteroatoms. The molecule has 2 heterocycles. The molecule has 0 saturated carbocycles. The molecule has 1 aliphatic rings. The van der Waals surface area contributed by atoms with Gasteiger partial charge in [0, 0.05) is 30.4 Å². The van der Waals surface area contributed by atoms with Gasteiger partial charge in [-0.05, 0) is 50.5 Å². The molecule has 0 radical (unpaired) electrons. The molecular weight excluding hydrogens is 248 g/mol. The summed E-state index contributed by atoms with van der Waals surface area (Å²) >= 11 is 0. The molecule has 0 aliphatic carbocycles. The summed E-state index contributed by atoms with van der Waals surface area (Å²) in [5, 5.41) is 0. The third-order valence-corrected chi connectivity index (χ3v) is 4.42. The van der Waals surface area contributed by atoms with Crippen LogP contribution < -0.4 is 5.73 Å². The summed E-state index contributed by atoms with van der Waals surface area (Å²) in [5.41, 5.74) is 11.0. The largest absolute Gasteiger partial charge is 0.466 e. The maximum absolute atomic E-state index is 6.13. The minimum absolute atomic E-state index is 0.361. The maximum Gasteiger partial charge on any atom is 0.105 e. The van der Waals surface area contributed by atoms with E-state index < -0.39 is 0 Å². The zero-order valence-electron chi connectivity index (χ0n) is 12.4. The van der Waals surface area contributed by atoms with Crippen molar-refractivity contribution in [2.24, 2.45) is 0 Å². The molecular formula is C17H22N2O. The third-order valence-electron chi connectivity index (χ3n) is 4.42. The number of rotatable bonds is 2. The SMILES string of the molecule is Cc1cc(C(C)N2CCc3cccc(N)c3C2)c(C)o1. The van der Waals surface area contributed by atoms with E-state index in [1.165, 1.54) is 16.7 Å². The summed E-state index contributed by atoms with van der Waals surface area (Å²) < 4.78 is 5.67. The van der Waals surface area contributed by atoms with E-state index in [-0.39, 0.29) is 0 Å². The first-order valence-electron chi connectivity index (χ1n) is 7.23. The summed E-state index contributed by atoms with van der Waals surface area (Å²) in [6.45, 7) is 8.30. The lowest BCUT2D eigenvalue weighted by molar-refractivity contribution is 0.191. The van der Waals surface area contributed by atoms with Gasteiger partial charge < -0.3 is 10.2 Å². The molecule has 3 nitrogen and oxygen atoms in total. The molecule has 1 atom stereocenters. The average Bonchev–Trinajstić information content (AvgIpc) is 2.77. The van der Waals surface area contributed by atoms with Crippen molar-refractivity contribution in [1.82, 2.24) is 4.90 Å². The first-order chi connectivity index (χ1) is 9.56. The Morgan fingerprint density at radius 2 is 2.10 bits per heavy atom. The van der Waals surface area contributed by atoms with Crippen LogP contribution in [0, 0.1) is 13.8 Å². The quantitative estimate of drug-likeness (QED) is 0.848. The van der Waals surface area contributed by atoms with Crippen molar-refractivity contribution in [2.75, 3.05) is 12.3 Å². The summed E-state index contributed by atoms with van der Waals surface area (Å²) in [6, 6.07) is 8.77. The molecule has 20 heavy (non-hydrogen) atoms. The van der Waals surface area contributed by atoms with Crippen molar-refractivity contribution in [3.05, 3.63) is 52.5 Å². The number of anilines is 1. The Kier molecular flexibility index (Phi) is 3.30. The highest BCUT2D eigenvalue weighted by Gasteiger charge is 2.25. The molecule has 0 fully saturated rings. The second kappa shape index (κ2) is 4.98. The fraction of sp³-hybridized carbons (Fsp3) is 0.412. The molecule has 3 rings (SSSR count). The third kappa shape index (κ3) is 2.22. The lowest BCUT2D eigenvalue weighted by Crippen LogP contribution is -2.33. The molecule has 1 unspecified atom stereocenters. The molecule has 0 saturated heterocycles. The highest BCUT2D eigenvalue weighted by Crippen LogP contribution is 2.32. The molecule has 1 aliphatic heterocycles. The van der Waals surface area contributed by atoms with Gasteiger partial charge in [-0.15, -0.1) is 0 Å². The van der Waals surface area contributed by atoms with Gasteiger partial charge in [0.25, 0.3) is 0 Å². The number of nitrogen functional groups attached to an aromatic ring is 1. The number of hydrogen-bond acceptors (Lipinski definition) is 3. The van der Waals surface area contributed by atoms with Crippen LogP contribution in [0.4, 0.5) is 5.69 Å². The fourth-order valence-corrected chi connectivity index (χ4v) is 3.22. The van der Waals surface area contributed by atoms with Crippen LogP contribution in [-0.2, 0) is 13.0 Å². The van der Waals surface area contributed by atoms with Crippen molar-refractivity contribution in [1.29, 1.82) is 0 Å². The van der Waals surface area contributed by atoms with Gasteiger partial charge in [0.2, 0.25) is 0 Å². The number of furan rings is 1. The van der Waals surface area contributed by atoms with Crippen molar-refractivity contribution < 1.29 is 4.42 Å². The van der Waals surface area contributed by atoms with Crippen LogP contribution >= 0.6 is 0 Å². The maximum atomic E-state index is 6.13. The number of fused-ring (bicyclic) bond motifs is 1. The van der Waals surface area contributed by atoms with Gasteiger partial charge in [-0.3, -0.25) is 4.90 Å². The predicted octanol–water partition coefficient (Wildman–Crippen LogP) is 3.60. The van der Waals surface area contributed by atoms with Gasteiger partial charge in [-0.25, -0.2) is 0 Å². The van der Waals surface area contributed by atoms with Gasteiger partial charge >= 0.3 is 0 Å². The standard InChI is InChI=1S/C17H22N2O/c1-11-9-15(13(3)20-11)12(2)19-8-7-14-5-4-6-17(18)16(14)10-19/h4-6,9,12H,7-8,10,18H2,1-3H3. The van der Waals surface area contributed by atoms with Crippen LogP contribution in [0.5, 0.6) is 0 Å². The van der Waals surface area contributed by atoms with Gasteiger partial charge in [0.1, 0.15) is 11.5 Å². The lowest BCUT2D eigenvalue weighted by atomic mass is 9.96. The second-order valence-corrected chi connectivity index (χ2v) is 5.75. The normalized spacial score (nSPS) is 16.9. The minimum atomic E-state index is 0.361. The van der Waals surface area contributed by atoms with Crippen LogP contribution in [0.15, 0.2) is 28.7 Å². The van der Waals surface area contributed by atoms with E-state index in [1.807, 2.05) is 19.9 Å². The zero-order valence-corrected chi connectivity index (χ0v) is 12.4. The van der Waals surface area contributed by atoms with Crippen molar-refractivity contribution >= 4 is 5.69 Å². The average molecular weight is 270 g/mol. The van der Waals surface area contributed by atoms with E-state index >= 15 is 0 Å². The topological polar surface area (TPSA) is 42.4 Å². The minimum Gasteiger partial charge on any atom is -0.466 e. The summed E-state index contributed by atoms with van der Waals surface area (Å²) in [5.74, 6) is 2.02. The first kappa shape index (κ1) is 13.3. The van der Waals surface area contributed by atoms with E-state index in [0.29, 0.717) is 6.04 Å². The molecule has 106 valence electrons. The lowest BCUT2D eigenvalue weighted by Gasteiger charge is -2.34. The van der Waals surface area contributed by atoms with Crippen LogP contribution in [0.3, 0.4) is 0 Å². The molecule has 2 aromatic rings. The Morgan fingerprint density at radius 3 is 2.80 bits per heavy atom. The van der Waals surface area contributed by atoms with Crippen molar-refractivity contribution in [3.63, 3.8) is 0 Å². The van der Waals surface area contributed by atoms with E-state index in [1.54, 1.807) is 0 Å². The smallest absolute Gasteiger partial charge is 0.105 e. The van der Waals surface area contributed by atoms with Gasteiger partial charge in [0.15, 0.2) is 0 Å². The van der Waals surface area contributed by atoms with Gasteiger partial charge in [-0.1, -0.05) is 12.1 Å². The molecule has 0 bridgehead atoms. The number of hydrogen-bond donors (Lipinski definition) is 1. The van der Waals surface area contributed by atoms with Crippen molar-refractivity contribution in [2.45, 2.75) is 39.8 Å². The molecule has 2 N–H and O–H groups in total. The van der Waals surface area contributed by atoms with Crippen LogP contribution in [0.1, 0.15) is 41.2 Å². The molecule has 1 aromatic carbocycles. The second-order valence-electron chi connectivity index (χ2n) is 5.75. The fourth-order valence-electron chi connectivity index (χ4n) is 3.22. The first-order valence-corrected chi connectivity index (χ1v) is 7.23. The molecule has 0 amide bonds. The highest BCUT2D eigenvalue weighted by atomic mass is 16.3. The Hall–Kier alpha value is -1.74. The van der Waals surface area contributed by atoms with E-state index in [0.717, 1.165) is 36.7 Å². The Bertz CT molecular complexity index is 630. The molecule has 0 spiro atoms. The highest BCUT2D eigenvalue weighted by molar-refractivity contribution is 5.51. The zero-order chi connectivity index (χ0) is 14.3. The molecule has 1 aromatic heterocycles. The Balaban J connectivity index is 1.86. The number of nitrogens with two attached hydrogens (primary N) is 1.